The predicted molar refractivity (Wildman–Crippen MR) is 103 cm³/mol. The highest BCUT2D eigenvalue weighted by molar-refractivity contribution is 5.43. The molecule has 0 amide bonds. The highest BCUT2D eigenvalue weighted by atomic mass is 16.5. The lowest BCUT2D eigenvalue weighted by Gasteiger charge is -2.14. The average Bonchev–Trinajstić information content (AvgIpc) is 2.69. The van der Waals surface area contributed by atoms with Crippen molar-refractivity contribution in [3.05, 3.63) is 89.7 Å². The van der Waals surface area contributed by atoms with Gasteiger partial charge < -0.3 is 14.8 Å². The monoisotopic (exact) mass is 348 g/mol. The Balaban J connectivity index is 1.60. The molecule has 0 atom stereocenters. The van der Waals surface area contributed by atoms with Gasteiger partial charge in [0.15, 0.2) is 11.5 Å². The van der Waals surface area contributed by atoms with E-state index in [-0.39, 0.29) is 0 Å². The summed E-state index contributed by atoms with van der Waals surface area (Å²) < 4.78 is 11.7. The van der Waals surface area contributed by atoms with E-state index in [2.05, 4.69) is 34.6 Å². The Labute approximate surface area is 154 Å². The first-order chi connectivity index (χ1) is 12.8. The molecule has 1 heterocycles. The Hall–Kier alpha value is -2.85. The van der Waals surface area contributed by atoms with Crippen LogP contribution in [0.2, 0.25) is 0 Å². The first kappa shape index (κ1) is 18.0. The second-order valence-electron chi connectivity index (χ2n) is 5.95. The fraction of sp³-hybridized carbons (Fsp3) is 0.227. The smallest absolute Gasteiger partial charge is 0.161 e. The molecule has 1 aromatic heterocycles. The minimum absolute atomic E-state index is 0.527. The number of ether oxygens (including phenoxy) is 2. The van der Waals surface area contributed by atoms with Gasteiger partial charge in [-0.15, -0.1) is 0 Å². The van der Waals surface area contributed by atoms with Crippen molar-refractivity contribution < 1.29 is 9.47 Å². The molecule has 0 fully saturated rings. The van der Waals surface area contributed by atoms with Gasteiger partial charge in [-0.3, -0.25) is 4.98 Å². The largest absolute Gasteiger partial charge is 0.490 e. The van der Waals surface area contributed by atoms with E-state index in [0.29, 0.717) is 13.2 Å². The Morgan fingerprint density at radius 3 is 2.38 bits per heavy atom. The fourth-order valence-corrected chi connectivity index (χ4v) is 2.64. The maximum absolute atomic E-state index is 5.95. The van der Waals surface area contributed by atoms with Crippen LogP contribution in [0, 0.1) is 0 Å². The molecule has 0 unspecified atom stereocenters. The zero-order chi connectivity index (χ0) is 18.0. The zero-order valence-corrected chi connectivity index (χ0v) is 15.0. The Kier molecular flexibility index (Phi) is 6.62. The number of pyridine rings is 1. The molecular formula is C22H24N2O2. The third-order valence-corrected chi connectivity index (χ3v) is 3.93. The first-order valence-corrected chi connectivity index (χ1v) is 8.87. The molecule has 0 aliphatic carbocycles. The van der Waals surface area contributed by atoms with Crippen LogP contribution in [0.5, 0.6) is 11.5 Å². The maximum atomic E-state index is 5.95. The summed E-state index contributed by atoms with van der Waals surface area (Å²) in [5.41, 5.74) is 3.46. The van der Waals surface area contributed by atoms with E-state index < -0.39 is 0 Å². The van der Waals surface area contributed by atoms with E-state index in [1.54, 1.807) is 6.20 Å². The molecule has 4 heteroatoms. The molecular weight excluding hydrogens is 324 g/mol. The fourth-order valence-electron chi connectivity index (χ4n) is 2.64. The standard InChI is InChI=1S/C22H24N2O2/c1-2-25-22-13-19(14-24-16-20-9-6-12-23-15-20)10-11-21(22)26-17-18-7-4-3-5-8-18/h3-13,15,24H,2,14,16-17H2,1H3. The van der Waals surface area contributed by atoms with E-state index >= 15 is 0 Å². The van der Waals surface area contributed by atoms with Gasteiger partial charge in [-0.05, 0) is 41.8 Å². The second kappa shape index (κ2) is 9.59. The molecule has 134 valence electrons. The molecule has 3 rings (SSSR count). The van der Waals surface area contributed by atoms with Gasteiger partial charge in [0.05, 0.1) is 6.61 Å². The van der Waals surface area contributed by atoms with E-state index in [4.69, 9.17) is 9.47 Å². The lowest BCUT2D eigenvalue weighted by molar-refractivity contribution is 0.269. The Bertz CT molecular complexity index is 792. The Morgan fingerprint density at radius 2 is 1.62 bits per heavy atom. The van der Waals surface area contributed by atoms with Crippen LogP contribution in [0.3, 0.4) is 0 Å². The quantitative estimate of drug-likeness (QED) is 0.624. The number of hydrogen-bond donors (Lipinski definition) is 1. The van der Waals surface area contributed by atoms with Crippen molar-refractivity contribution in [2.75, 3.05) is 6.61 Å². The number of aromatic nitrogens is 1. The average molecular weight is 348 g/mol. The van der Waals surface area contributed by atoms with Crippen LogP contribution < -0.4 is 14.8 Å². The van der Waals surface area contributed by atoms with Gasteiger partial charge >= 0.3 is 0 Å². The minimum atomic E-state index is 0.527. The number of benzene rings is 2. The van der Waals surface area contributed by atoms with Crippen LogP contribution in [0.15, 0.2) is 73.1 Å². The van der Waals surface area contributed by atoms with Crippen LogP contribution in [-0.2, 0) is 19.7 Å². The van der Waals surface area contributed by atoms with Crippen molar-refractivity contribution in [2.45, 2.75) is 26.6 Å². The summed E-state index contributed by atoms with van der Waals surface area (Å²) in [5, 5.41) is 3.43. The summed E-state index contributed by atoms with van der Waals surface area (Å²) in [4.78, 5) is 4.13. The van der Waals surface area contributed by atoms with Crippen LogP contribution in [0.4, 0.5) is 0 Å². The van der Waals surface area contributed by atoms with Crippen LogP contribution in [0.25, 0.3) is 0 Å². The van der Waals surface area contributed by atoms with E-state index in [0.717, 1.165) is 35.7 Å². The molecule has 0 saturated carbocycles. The number of hydrogen-bond acceptors (Lipinski definition) is 4. The molecule has 0 aliphatic heterocycles. The lowest BCUT2D eigenvalue weighted by atomic mass is 10.2. The van der Waals surface area contributed by atoms with Gasteiger partial charge in [-0.25, -0.2) is 0 Å². The molecule has 1 N–H and O–H groups in total. The molecule has 4 nitrogen and oxygen atoms in total. The summed E-state index contributed by atoms with van der Waals surface area (Å²) in [7, 11) is 0. The molecule has 26 heavy (non-hydrogen) atoms. The first-order valence-electron chi connectivity index (χ1n) is 8.87. The van der Waals surface area contributed by atoms with Crippen LogP contribution in [-0.4, -0.2) is 11.6 Å². The van der Waals surface area contributed by atoms with Crippen LogP contribution in [0.1, 0.15) is 23.6 Å². The highest BCUT2D eigenvalue weighted by Gasteiger charge is 2.07. The van der Waals surface area contributed by atoms with E-state index in [1.807, 2.05) is 49.5 Å². The lowest BCUT2D eigenvalue weighted by Crippen LogP contribution is -2.13. The molecule has 0 aliphatic rings. The van der Waals surface area contributed by atoms with Gasteiger partial charge in [0.2, 0.25) is 0 Å². The molecule has 0 spiro atoms. The van der Waals surface area contributed by atoms with Crippen molar-refractivity contribution in [1.82, 2.24) is 10.3 Å². The Morgan fingerprint density at radius 1 is 0.808 bits per heavy atom. The van der Waals surface area contributed by atoms with E-state index in [9.17, 15) is 0 Å². The highest BCUT2D eigenvalue weighted by Crippen LogP contribution is 2.29. The topological polar surface area (TPSA) is 43.4 Å². The van der Waals surface area contributed by atoms with Gasteiger partial charge in [0.1, 0.15) is 6.61 Å². The molecule has 0 saturated heterocycles. The number of rotatable bonds is 9. The van der Waals surface area contributed by atoms with Gasteiger partial charge in [-0.1, -0.05) is 42.5 Å². The van der Waals surface area contributed by atoms with Crippen LogP contribution >= 0.6 is 0 Å². The molecule has 0 radical (unpaired) electrons. The normalized spacial score (nSPS) is 10.5. The molecule has 0 bridgehead atoms. The summed E-state index contributed by atoms with van der Waals surface area (Å²) in [6.45, 7) is 4.65. The van der Waals surface area contributed by atoms with Crippen molar-refractivity contribution >= 4 is 0 Å². The van der Waals surface area contributed by atoms with Crippen molar-refractivity contribution in [2.24, 2.45) is 0 Å². The second-order valence-corrected chi connectivity index (χ2v) is 5.95. The molecule has 3 aromatic rings. The third kappa shape index (κ3) is 5.33. The van der Waals surface area contributed by atoms with E-state index in [1.165, 1.54) is 5.56 Å². The summed E-state index contributed by atoms with van der Waals surface area (Å²) in [5.74, 6) is 1.55. The number of nitrogens with one attached hydrogen (secondary N) is 1. The predicted octanol–water partition coefficient (Wildman–Crippen LogP) is 4.35. The van der Waals surface area contributed by atoms with Gasteiger partial charge in [0, 0.05) is 25.5 Å². The summed E-state index contributed by atoms with van der Waals surface area (Å²) >= 11 is 0. The number of nitrogens with zero attached hydrogens (tertiary/aromatic N) is 1. The minimum Gasteiger partial charge on any atom is -0.490 e. The SMILES string of the molecule is CCOc1cc(CNCc2cccnc2)ccc1OCc1ccccc1. The van der Waals surface area contributed by atoms with Crippen molar-refractivity contribution in [3.63, 3.8) is 0 Å². The van der Waals surface area contributed by atoms with Crippen molar-refractivity contribution in [3.8, 4) is 11.5 Å². The summed E-state index contributed by atoms with van der Waals surface area (Å²) in [6.07, 6.45) is 3.66. The van der Waals surface area contributed by atoms with Crippen molar-refractivity contribution in [1.29, 1.82) is 0 Å². The third-order valence-electron chi connectivity index (χ3n) is 3.93. The van der Waals surface area contributed by atoms with Gasteiger partial charge in [0.25, 0.3) is 0 Å². The molecule has 2 aromatic carbocycles. The summed E-state index contributed by atoms with van der Waals surface area (Å²) in [6, 6.07) is 20.2. The van der Waals surface area contributed by atoms with Gasteiger partial charge in [-0.2, -0.15) is 0 Å². The zero-order valence-electron chi connectivity index (χ0n) is 15.0. The maximum Gasteiger partial charge on any atom is 0.161 e.